The third kappa shape index (κ3) is 8.11. The summed E-state index contributed by atoms with van der Waals surface area (Å²) in [6.07, 6.45) is 7.19. The van der Waals surface area contributed by atoms with Gasteiger partial charge in [0, 0.05) is 24.2 Å². The molecule has 0 saturated heterocycles. The van der Waals surface area contributed by atoms with Crippen LogP contribution in [0.5, 0.6) is 0 Å². The number of primary amides is 1. The number of amides is 1. The molecule has 1 aliphatic rings. The van der Waals surface area contributed by atoms with Crippen LogP contribution in [0.2, 0.25) is 0 Å². The Balaban J connectivity index is 3.26. The number of carbonyl (C=O) groups is 2. The first-order valence-corrected chi connectivity index (χ1v) is 11.1. The average molecular weight is 484 g/mol. The first kappa shape index (κ1) is 26.2. The molecule has 0 saturated carbocycles. The van der Waals surface area contributed by atoms with Crippen LogP contribution in [-0.2, 0) is 14.3 Å². The number of hydrogen-bond acceptors (Lipinski definition) is 5. The number of cyclic esters (lactones) is 1. The van der Waals surface area contributed by atoms with Crippen LogP contribution in [0.1, 0.15) is 47.5 Å². The van der Waals surface area contributed by atoms with Crippen LogP contribution in [0.25, 0.3) is 0 Å². The van der Waals surface area contributed by atoms with Gasteiger partial charge in [0.1, 0.15) is 12.2 Å². The highest BCUT2D eigenvalue weighted by atomic mass is 79.9. The Hall–Kier alpha value is -1.86. The zero-order chi connectivity index (χ0) is 22.8. The lowest BCUT2D eigenvalue weighted by molar-refractivity contribution is -0.148. The summed E-state index contributed by atoms with van der Waals surface area (Å²) < 4.78 is 10.9. The molecule has 0 aromatic carbocycles. The Kier molecular flexibility index (Phi) is 11.1. The number of carbonyl (C=O) groups excluding carboxylic acids is 2. The van der Waals surface area contributed by atoms with Crippen molar-refractivity contribution in [1.82, 2.24) is 0 Å². The fourth-order valence-electron chi connectivity index (χ4n) is 3.37. The maximum Gasteiger partial charge on any atom is 0.405 e. The topological polar surface area (TPSA) is 98.9 Å². The Morgan fingerprint density at radius 2 is 1.93 bits per heavy atom. The molecule has 0 unspecified atom stereocenters. The Labute approximate surface area is 188 Å². The molecule has 168 valence electrons. The lowest BCUT2D eigenvalue weighted by Crippen LogP contribution is -2.37. The van der Waals surface area contributed by atoms with Crippen LogP contribution in [0.3, 0.4) is 0 Å². The largest absolute Gasteiger partial charge is 0.457 e. The van der Waals surface area contributed by atoms with Crippen LogP contribution >= 0.6 is 15.9 Å². The van der Waals surface area contributed by atoms with Crippen LogP contribution < -0.4 is 5.73 Å². The second kappa shape index (κ2) is 12.7. The Morgan fingerprint density at radius 1 is 1.30 bits per heavy atom. The quantitative estimate of drug-likeness (QED) is 0.434. The van der Waals surface area contributed by atoms with E-state index >= 15 is 0 Å². The van der Waals surface area contributed by atoms with Gasteiger partial charge < -0.3 is 20.3 Å². The first-order chi connectivity index (χ1) is 14.1. The average Bonchev–Trinajstić information content (AvgIpc) is 2.70. The molecule has 30 heavy (non-hydrogen) atoms. The van der Waals surface area contributed by atoms with Gasteiger partial charge in [-0.2, -0.15) is 0 Å². The van der Waals surface area contributed by atoms with Crippen molar-refractivity contribution in [3.63, 3.8) is 0 Å². The van der Waals surface area contributed by atoms with Gasteiger partial charge in [0.15, 0.2) is 0 Å². The van der Waals surface area contributed by atoms with Crippen LogP contribution in [0, 0.1) is 17.8 Å². The van der Waals surface area contributed by atoms with Crippen molar-refractivity contribution >= 4 is 28.0 Å². The number of aliphatic hydroxyl groups is 1. The maximum absolute atomic E-state index is 12.4. The molecule has 0 aliphatic carbocycles. The van der Waals surface area contributed by atoms with Gasteiger partial charge in [-0.25, -0.2) is 4.79 Å². The Bertz CT molecular complexity index is 712. The molecule has 0 aromatic heterocycles. The van der Waals surface area contributed by atoms with E-state index in [2.05, 4.69) is 15.9 Å². The standard InChI is InChI=1S/C23H34BrNO5/c1-14-10-8-12-20(26)30-22(16(3)13-24)15(2)9-6-7-11-19(29-23(25)28)18(5)21(27)17(14)4/h6-7,9-11,13,15,17-19,21-22,27H,8,12H2,1-5H3,(H2,25,28)/b9-6-,11-7-,14-10+,16-13+/t15-,17+,18+,19-,21-,22-/m1/s1. The second-order valence-electron chi connectivity index (χ2n) is 7.92. The van der Waals surface area contributed by atoms with E-state index in [1.807, 2.05) is 52.8 Å². The minimum absolute atomic E-state index is 0.0730. The van der Waals surface area contributed by atoms with Crippen LogP contribution in [-0.4, -0.2) is 35.5 Å². The van der Waals surface area contributed by atoms with Gasteiger partial charge >= 0.3 is 12.1 Å². The molecule has 0 spiro atoms. The highest BCUT2D eigenvalue weighted by Crippen LogP contribution is 2.26. The van der Waals surface area contributed by atoms with E-state index in [1.165, 1.54) is 0 Å². The summed E-state index contributed by atoms with van der Waals surface area (Å²) in [5, 5.41) is 10.8. The summed E-state index contributed by atoms with van der Waals surface area (Å²) in [4.78, 5) is 25.5. The molecular weight excluding hydrogens is 450 g/mol. The Morgan fingerprint density at radius 3 is 2.53 bits per heavy atom. The monoisotopic (exact) mass is 483 g/mol. The third-order valence-electron chi connectivity index (χ3n) is 5.54. The number of ether oxygens (including phenoxy) is 2. The molecule has 3 N–H and O–H groups in total. The molecule has 0 aromatic rings. The molecule has 0 fully saturated rings. The van der Waals surface area contributed by atoms with Gasteiger partial charge in [-0.05, 0) is 36.9 Å². The van der Waals surface area contributed by atoms with Crippen molar-refractivity contribution in [1.29, 1.82) is 0 Å². The molecule has 1 amide bonds. The fraction of sp³-hybridized carbons (Fsp3) is 0.565. The molecule has 1 rings (SSSR count). The normalized spacial score (nSPS) is 36.2. The van der Waals surface area contributed by atoms with Crippen molar-refractivity contribution in [2.24, 2.45) is 23.5 Å². The van der Waals surface area contributed by atoms with E-state index in [1.54, 1.807) is 17.1 Å². The van der Waals surface area contributed by atoms with Crippen molar-refractivity contribution in [2.75, 3.05) is 0 Å². The van der Waals surface area contributed by atoms with Gasteiger partial charge in [0.2, 0.25) is 0 Å². The lowest BCUT2D eigenvalue weighted by Gasteiger charge is -2.30. The van der Waals surface area contributed by atoms with Gasteiger partial charge in [-0.3, -0.25) is 4.79 Å². The molecule has 6 atom stereocenters. The summed E-state index contributed by atoms with van der Waals surface area (Å²) in [6.45, 7) is 9.50. The minimum atomic E-state index is -0.888. The molecule has 0 radical (unpaired) electrons. The molecule has 1 heterocycles. The van der Waals surface area contributed by atoms with E-state index in [9.17, 15) is 14.7 Å². The van der Waals surface area contributed by atoms with Crippen LogP contribution in [0.4, 0.5) is 4.79 Å². The highest BCUT2D eigenvalue weighted by molar-refractivity contribution is 9.11. The number of allylic oxidation sites excluding steroid dienone is 3. The van der Waals surface area contributed by atoms with E-state index in [4.69, 9.17) is 15.2 Å². The molecule has 7 heteroatoms. The summed E-state index contributed by atoms with van der Waals surface area (Å²) in [5.41, 5.74) is 7.09. The number of nitrogens with two attached hydrogens (primary N) is 1. The number of aliphatic hydroxyl groups excluding tert-OH is 1. The van der Waals surface area contributed by atoms with Gasteiger partial charge in [0.25, 0.3) is 0 Å². The summed E-state index contributed by atoms with van der Waals surface area (Å²) in [7, 11) is 0. The minimum Gasteiger partial charge on any atom is -0.457 e. The summed E-state index contributed by atoms with van der Waals surface area (Å²) in [5.74, 6) is -0.895. The highest BCUT2D eigenvalue weighted by Gasteiger charge is 2.30. The number of esters is 1. The van der Waals surface area contributed by atoms with Crippen molar-refractivity contribution in [2.45, 2.75) is 65.8 Å². The van der Waals surface area contributed by atoms with Gasteiger partial charge in [-0.15, -0.1) is 0 Å². The van der Waals surface area contributed by atoms with Gasteiger partial charge in [-0.1, -0.05) is 66.6 Å². The number of halogens is 1. The fourth-order valence-corrected chi connectivity index (χ4v) is 3.63. The van der Waals surface area contributed by atoms with E-state index < -0.39 is 24.4 Å². The zero-order valence-electron chi connectivity index (χ0n) is 18.4. The molecule has 6 nitrogen and oxygen atoms in total. The number of rotatable bonds is 2. The SMILES string of the molecule is C/C1=C\CCC(=O)O[C@@H](/C(C)=C/Br)[C@H](C)/C=C\C=C/[C@@H](OC(N)=O)[C@H](C)[C@H](O)[C@H]1C. The van der Waals surface area contributed by atoms with Crippen LogP contribution in [0.15, 0.2) is 46.5 Å². The van der Waals surface area contributed by atoms with E-state index in [0.29, 0.717) is 6.42 Å². The number of hydrogen-bond donors (Lipinski definition) is 2. The smallest absolute Gasteiger partial charge is 0.405 e. The summed E-state index contributed by atoms with van der Waals surface area (Å²) in [6, 6.07) is 0. The molecular formula is C23H34BrNO5. The predicted molar refractivity (Wildman–Crippen MR) is 122 cm³/mol. The van der Waals surface area contributed by atoms with Gasteiger partial charge in [0.05, 0.1) is 6.10 Å². The maximum atomic E-state index is 12.4. The summed E-state index contributed by atoms with van der Waals surface area (Å²) >= 11 is 3.32. The lowest BCUT2D eigenvalue weighted by atomic mass is 9.84. The first-order valence-electron chi connectivity index (χ1n) is 10.2. The van der Waals surface area contributed by atoms with Crippen molar-refractivity contribution in [3.05, 3.63) is 46.5 Å². The zero-order valence-corrected chi connectivity index (χ0v) is 20.0. The van der Waals surface area contributed by atoms with Crippen molar-refractivity contribution in [3.8, 4) is 0 Å². The van der Waals surface area contributed by atoms with Crippen molar-refractivity contribution < 1.29 is 24.2 Å². The van der Waals surface area contributed by atoms with E-state index in [-0.39, 0.29) is 30.1 Å². The molecule has 0 bridgehead atoms. The van der Waals surface area contributed by atoms with E-state index in [0.717, 1.165) is 11.1 Å². The second-order valence-corrected chi connectivity index (χ2v) is 8.38. The molecule has 1 aliphatic heterocycles. The third-order valence-corrected chi connectivity index (χ3v) is 6.26. The predicted octanol–water partition coefficient (Wildman–Crippen LogP) is 4.78.